The highest BCUT2D eigenvalue weighted by molar-refractivity contribution is 5.99. The minimum absolute atomic E-state index is 0.123. The van der Waals surface area contributed by atoms with E-state index in [9.17, 15) is 4.79 Å². The highest BCUT2D eigenvalue weighted by Crippen LogP contribution is 2.41. The van der Waals surface area contributed by atoms with E-state index in [4.69, 9.17) is 10.5 Å². The summed E-state index contributed by atoms with van der Waals surface area (Å²) in [5, 5.41) is 7.60. The van der Waals surface area contributed by atoms with Crippen molar-refractivity contribution in [2.75, 3.05) is 30.5 Å². The largest absolute Gasteiger partial charge is 0.372 e. The number of fused-ring (bicyclic) bond motifs is 2. The van der Waals surface area contributed by atoms with Gasteiger partial charge >= 0.3 is 0 Å². The Morgan fingerprint density at radius 2 is 2.12 bits per heavy atom. The van der Waals surface area contributed by atoms with Crippen molar-refractivity contribution in [3.8, 4) is 0 Å². The van der Waals surface area contributed by atoms with E-state index in [1.54, 1.807) is 0 Å². The van der Waals surface area contributed by atoms with Crippen LogP contribution in [0.1, 0.15) is 37.7 Å². The first-order valence-electron chi connectivity index (χ1n) is 9.32. The summed E-state index contributed by atoms with van der Waals surface area (Å²) in [5.74, 6) is -0.123. The predicted octanol–water partition coefficient (Wildman–Crippen LogP) is 2.03. The molecular weight excluding hydrogens is 316 g/mol. The van der Waals surface area contributed by atoms with Gasteiger partial charge in [0.2, 0.25) is 5.91 Å². The molecule has 0 saturated carbocycles. The van der Waals surface area contributed by atoms with Crippen LogP contribution in [0, 0.1) is 6.92 Å². The number of hydrazine groups is 1. The molecule has 3 aliphatic rings. The van der Waals surface area contributed by atoms with Crippen LogP contribution in [-0.4, -0.2) is 48.8 Å². The number of hydrogen-bond donors (Lipinski definition) is 2. The van der Waals surface area contributed by atoms with Crippen LogP contribution in [0.15, 0.2) is 18.2 Å². The molecule has 1 aromatic carbocycles. The van der Waals surface area contributed by atoms with Gasteiger partial charge in [-0.1, -0.05) is 0 Å². The van der Waals surface area contributed by atoms with Gasteiger partial charge in [-0.3, -0.25) is 4.79 Å². The Hall–Kier alpha value is -1.63. The molecular formula is C19H28N4O2. The topological polar surface area (TPSA) is 70.8 Å². The van der Waals surface area contributed by atoms with E-state index < -0.39 is 5.54 Å². The Bertz CT molecular complexity index is 679. The zero-order valence-electron chi connectivity index (χ0n) is 15.1. The minimum Gasteiger partial charge on any atom is -0.372 e. The molecule has 3 N–H and O–H groups in total. The van der Waals surface area contributed by atoms with Gasteiger partial charge in [-0.2, -0.15) is 0 Å². The van der Waals surface area contributed by atoms with E-state index in [0.29, 0.717) is 6.42 Å². The van der Waals surface area contributed by atoms with Crippen molar-refractivity contribution in [2.45, 2.75) is 56.8 Å². The fraction of sp³-hybridized carbons (Fsp3) is 0.632. The van der Waals surface area contributed by atoms with Crippen molar-refractivity contribution in [2.24, 2.45) is 5.73 Å². The number of nitrogens with two attached hydrogens (primary N) is 1. The Balaban J connectivity index is 1.48. The van der Waals surface area contributed by atoms with E-state index in [1.165, 1.54) is 18.5 Å². The molecule has 1 aromatic rings. The molecule has 3 atom stereocenters. The molecule has 6 heteroatoms. The Labute approximate surface area is 149 Å². The van der Waals surface area contributed by atoms with E-state index >= 15 is 0 Å². The third-order valence-electron chi connectivity index (χ3n) is 5.92. The van der Waals surface area contributed by atoms with Crippen molar-refractivity contribution in [3.05, 3.63) is 23.8 Å². The second-order valence-electron chi connectivity index (χ2n) is 7.74. The molecule has 3 saturated heterocycles. The second kappa shape index (κ2) is 6.27. The molecule has 0 aliphatic carbocycles. The average molecular weight is 344 g/mol. The fourth-order valence-corrected chi connectivity index (χ4v) is 4.45. The van der Waals surface area contributed by atoms with Crippen molar-refractivity contribution in [1.82, 2.24) is 5.01 Å². The summed E-state index contributed by atoms with van der Waals surface area (Å²) in [4.78, 5) is 12.7. The average Bonchev–Trinajstić information content (AvgIpc) is 3.17. The number of nitrogens with one attached hydrogen (secondary N) is 1. The van der Waals surface area contributed by atoms with Gasteiger partial charge in [0.15, 0.2) is 0 Å². The molecule has 1 amide bonds. The number of amides is 1. The highest BCUT2D eigenvalue weighted by atomic mass is 16.5. The fourth-order valence-electron chi connectivity index (χ4n) is 4.45. The Morgan fingerprint density at radius 1 is 1.32 bits per heavy atom. The molecule has 4 rings (SSSR count). The third-order valence-corrected chi connectivity index (χ3v) is 5.92. The number of rotatable bonds is 3. The van der Waals surface area contributed by atoms with Crippen molar-refractivity contribution < 1.29 is 9.53 Å². The van der Waals surface area contributed by atoms with Crippen LogP contribution in [-0.2, 0) is 9.53 Å². The normalized spacial score (nSPS) is 32.2. The molecule has 136 valence electrons. The quantitative estimate of drug-likeness (QED) is 0.878. The predicted molar refractivity (Wildman–Crippen MR) is 98.4 cm³/mol. The number of nitrogens with zero attached hydrogens (tertiary/aromatic N) is 2. The molecule has 3 fully saturated rings. The summed E-state index contributed by atoms with van der Waals surface area (Å²) in [6, 6.07) is 6.10. The summed E-state index contributed by atoms with van der Waals surface area (Å²) in [5.41, 5.74) is 8.66. The second-order valence-corrected chi connectivity index (χ2v) is 7.74. The van der Waals surface area contributed by atoms with Gasteiger partial charge in [-0.25, -0.2) is 5.01 Å². The van der Waals surface area contributed by atoms with Gasteiger partial charge in [-0.05, 0) is 56.4 Å². The number of benzene rings is 1. The zero-order valence-corrected chi connectivity index (χ0v) is 15.1. The van der Waals surface area contributed by atoms with Crippen LogP contribution in [0.4, 0.5) is 11.4 Å². The maximum atomic E-state index is 12.7. The summed E-state index contributed by atoms with van der Waals surface area (Å²) >= 11 is 0. The summed E-state index contributed by atoms with van der Waals surface area (Å²) in [7, 11) is 2.13. The number of hydrogen-bond acceptors (Lipinski definition) is 5. The van der Waals surface area contributed by atoms with Crippen molar-refractivity contribution >= 4 is 17.3 Å². The number of ether oxygens (including phenoxy) is 1. The molecule has 6 nitrogen and oxygen atoms in total. The molecule has 0 radical (unpaired) electrons. The van der Waals surface area contributed by atoms with Crippen molar-refractivity contribution in [1.29, 1.82) is 0 Å². The summed E-state index contributed by atoms with van der Waals surface area (Å²) < 4.78 is 5.78. The third kappa shape index (κ3) is 2.92. The molecule has 0 spiro atoms. The van der Waals surface area contributed by atoms with Gasteiger partial charge in [0.25, 0.3) is 0 Å². The highest BCUT2D eigenvalue weighted by Gasteiger charge is 2.54. The lowest BCUT2D eigenvalue weighted by atomic mass is 9.81. The van der Waals surface area contributed by atoms with E-state index in [1.807, 2.05) is 12.1 Å². The lowest BCUT2D eigenvalue weighted by Gasteiger charge is -2.38. The molecule has 25 heavy (non-hydrogen) atoms. The van der Waals surface area contributed by atoms with E-state index in [2.05, 4.69) is 35.4 Å². The van der Waals surface area contributed by atoms with Crippen LogP contribution in [0.3, 0.4) is 0 Å². The number of anilines is 2. The monoisotopic (exact) mass is 344 g/mol. The molecule has 3 heterocycles. The first kappa shape index (κ1) is 16.8. The first-order valence-corrected chi connectivity index (χ1v) is 9.32. The summed E-state index contributed by atoms with van der Waals surface area (Å²) in [6.07, 6.45) is 4.99. The lowest BCUT2D eigenvalue weighted by molar-refractivity contribution is -0.122. The summed E-state index contributed by atoms with van der Waals surface area (Å²) in [6.45, 7) is 4.21. The van der Waals surface area contributed by atoms with Crippen LogP contribution < -0.4 is 16.1 Å². The lowest BCUT2D eigenvalue weighted by Crippen LogP contribution is -2.57. The number of carbonyl (C=O) groups excluding carboxylic acids is 1. The van der Waals surface area contributed by atoms with Crippen LogP contribution in [0.25, 0.3) is 0 Å². The Morgan fingerprint density at radius 3 is 2.76 bits per heavy atom. The molecule has 2 bridgehead atoms. The SMILES string of the molecule is Cc1cc(NC(=O)C2(N)CC3CCC2O3)ccc1N1CCCCN1C. The van der Waals surface area contributed by atoms with Gasteiger partial charge in [0.05, 0.1) is 17.9 Å². The first-order chi connectivity index (χ1) is 12.0. The standard InChI is InChI=1S/C19H28N4O2/c1-13-11-14(5-7-16(13)23-10-4-3-9-22(23)2)21-18(24)19(20)12-15-6-8-17(19)25-15/h5,7,11,15,17H,3-4,6,8-10,12,20H2,1-2H3,(H,21,24). The maximum absolute atomic E-state index is 12.7. The van der Waals surface area contributed by atoms with Gasteiger partial charge in [0.1, 0.15) is 5.54 Å². The number of carbonyl (C=O) groups is 1. The van der Waals surface area contributed by atoms with E-state index in [0.717, 1.165) is 37.2 Å². The molecule has 3 aliphatic heterocycles. The van der Waals surface area contributed by atoms with Gasteiger partial charge in [0, 0.05) is 32.2 Å². The molecule has 0 aromatic heterocycles. The number of aryl methyl sites for hydroxylation is 1. The maximum Gasteiger partial charge on any atom is 0.247 e. The van der Waals surface area contributed by atoms with Gasteiger partial charge in [-0.15, -0.1) is 0 Å². The Kier molecular flexibility index (Phi) is 4.22. The van der Waals surface area contributed by atoms with E-state index in [-0.39, 0.29) is 18.1 Å². The van der Waals surface area contributed by atoms with Gasteiger partial charge < -0.3 is 20.8 Å². The van der Waals surface area contributed by atoms with Crippen molar-refractivity contribution in [3.63, 3.8) is 0 Å². The van der Waals surface area contributed by atoms with Crippen LogP contribution >= 0.6 is 0 Å². The zero-order chi connectivity index (χ0) is 17.6. The van der Waals surface area contributed by atoms with Crippen LogP contribution in [0.2, 0.25) is 0 Å². The smallest absolute Gasteiger partial charge is 0.247 e. The molecule has 3 unspecified atom stereocenters. The minimum atomic E-state index is -0.886. The van der Waals surface area contributed by atoms with Crippen LogP contribution in [0.5, 0.6) is 0 Å².